The molecule has 0 aliphatic carbocycles. The van der Waals surface area contributed by atoms with E-state index in [4.69, 9.17) is 5.73 Å². The topological polar surface area (TPSA) is 59.2 Å². The minimum absolute atomic E-state index is 0.114. The van der Waals surface area contributed by atoms with Crippen molar-refractivity contribution in [3.05, 3.63) is 58.9 Å². The largest absolute Gasteiger partial charge is 0.398 e. The summed E-state index contributed by atoms with van der Waals surface area (Å²) in [6.07, 6.45) is 1.54. The van der Waals surface area contributed by atoms with Crippen LogP contribution in [-0.2, 0) is 6.54 Å². The number of anilines is 1. The molecule has 20 heavy (non-hydrogen) atoms. The molecule has 2 N–H and O–H groups in total. The summed E-state index contributed by atoms with van der Waals surface area (Å²) in [5.74, 6) is -0.114. The summed E-state index contributed by atoms with van der Waals surface area (Å²) in [7, 11) is 1.77. The van der Waals surface area contributed by atoms with E-state index in [0.717, 1.165) is 11.3 Å². The van der Waals surface area contributed by atoms with Crippen LogP contribution in [0.4, 0.5) is 5.69 Å². The fourth-order valence-electron chi connectivity index (χ4n) is 2.12. The van der Waals surface area contributed by atoms with E-state index in [0.29, 0.717) is 17.8 Å². The first-order valence-corrected chi connectivity index (χ1v) is 6.50. The summed E-state index contributed by atoms with van der Waals surface area (Å²) in [6.45, 7) is 4.43. The van der Waals surface area contributed by atoms with Gasteiger partial charge in [-0.3, -0.25) is 9.78 Å². The summed E-state index contributed by atoms with van der Waals surface area (Å²) in [5, 5.41) is 0. The molecule has 1 aromatic heterocycles. The number of carbonyl (C=O) groups excluding carboxylic acids is 1. The molecular formula is C16H19N3O. The number of rotatable bonds is 3. The van der Waals surface area contributed by atoms with Gasteiger partial charge < -0.3 is 10.6 Å². The third-order valence-electron chi connectivity index (χ3n) is 3.15. The Morgan fingerprint density at radius 1 is 1.30 bits per heavy atom. The van der Waals surface area contributed by atoms with Gasteiger partial charge in [-0.15, -0.1) is 0 Å². The molecule has 1 amide bonds. The summed E-state index contributed by atoms with van der Waals surface area (Å²) in [4.78, 5) is 18.2. The fourth-order valence-corrected chi connectivity index (χ4v) is 2.12. The molecule has 104 valence electrons. The van der Waals surface area contributed by atoms with Gasteiger partial charge in [0.1, 0.15) is 0 Å². The smallest absolute Gasteiger partial charge is 0.257 e. The van der Waals surface area contributed by atoms with Crippen molar-refractivity contribution in [2.45, 2.75) is 20.4 Å². The zero-order valence-electron chi connectivity index (χ0n) is 12.1. The molecule has 0 saturated heterocycles. The number of amides is 1. The van der Waals surface area contributed by atoms with E-state index in [1.807, 2.05) is 32.0 Å². The number of nitrogens with two attached hydrogens (primary N) is 1. The Bertz CT molecular complexity index is 637. The van der Waals surface area contributed by atoms with Gasteiger partial charge in [0, 0.05) is 31.2 Å². The van der Waals surface area contributed by atoms with Crippen molar-refractivity contribution in [2.75, 3.05) is 12.8 Å². The Labute approximate surface area is 119 Å². The van der Waals surface area contributed by atoms with Crippen molar-refractivity contribution >= 4 is 11.6 Å². The van der Waals surface area contributed by atoms with Crippen molar-refractivity contribution in [1.82, 2.24) is 9.88 Å². The Morgan fingerprint density at radius 2 is 2.05 bits per heavy atom. The average Bonchev–Trinajstić information content (AvgIpc) is 2.38. The van der Waals surface area contributed by atoms with Crippen molar-refractivity contribution in [1.29, 1.82) is 0 Å². The lowest BCUT2D eigenvalue weighted by Gasteiger charge is -2.18. The minimum Gasteiger partial charge on any atom is -0.398 e. The third-order valence-corrected chi connectivity index (χ3v) is 3.15. The molecule has 0 saturated carbocycles. The van der Waals surface area contributed by atoms with Gasteiger partial charge >= 0.3 is 0 Å². The molecule has 0 unspecified atom stereocenters. The standard InChI is InChI=1S/C16H19N3O/c1-11-5-4-6-13(7-11)10-19(3)16(20)14-9-18-12(2)8-15(14)17/h4-9H,10H2,1-3H3,(H2,17,18). The van der Waals surface area contributed by atoms with Crippen LogP contribution < -0.4 is 5.73 Å². The second-order valence-electron chi connectivity index (χ2n) is 5.06. The van der Waals surface area contributed by atoms with Gasteiger partial charge in [-0.2, -0.15) is 0 Å². The number of hydrogen-bond donors (Lipinski definition) is 1. The van der Waals surface area contributed by atoms with Gasteiger partial charge in [0.2, 0.25) is 0 Å². The fraction of sp³-hybridized carbons (Fsp3) is 0.250. The van der Waals surface area contributed by atoms with E-state index < -0.39 is 0 Å². The second kappa shape index (κ2) is 5.74. The maximum Gasteiger partial charge on any atom is 0.257 e. The number of carbonyl (C=O) groups is 1. The van der Waals surface area contributed by atoms with E-state index >= 15 is 0 Å². The summed E-state index contributed by atoms with van der Waals surface area (Å²) >= 11 is 0. The van der Waals surface area contributed by atoms with Gasteiger partial charge in [-0.25, -0.2) is 0 Å². The SMILES string of the molecule is Cc1cccc(CN(C)C(=O)c2cnc(C)cc2N)c1. The monoisotopic (exact) mass is 269 g/mol. The number of pyridine rings is 1. The highest BCUT2D eigenvalue weighted by Gasteiger charge is 2.15. The van der Waals surface area contributed by atoms with E-state index in [1.165, 1.54) is 5.56 Å². The highest BCUT2D eigenvalue weighted by molar-refractivity contribution is 5.98. The molecule has 0 aliphatic heterocycles. The van der Waals surface area contributed by atoms with E-state index in [9.17, 15) is 4.79 Å². The predicted octanol–water partition coefficient (Wildman–Crippen LogP) is 2.55. The van der Waals surface area contributed by atoms with Crippen molar-refractivity contribution < 1.29 is 4.79 Å². The van der Waals surface area contributed by atoms with Gasteiger partial charge in [-0.1, -0.05) is 29.8 Å². The molecule has 1 aromatic carbocycles. The Hall–Kier alpha value is -2.36. The lowest BCUT2D eigenvalue weighted by atomic mass is 10.1. The van der Waals surface area contributed by atoms with E-state index in [-0.39, 0.29) is 5.91 Å². The van der Waals surface area contributed by atoms with Crippen LogP contribution in [0.2, 0.25) is 0 Å². The number of nitrogen functional groups attached to an aromatic ring is 1. The first kappa shape index (κ1) is 14.1. The molecule has 2 rings (SSSR count). The molecule has 0 fully saturated rings. The molecule has 0 aliphatic rings. The summed E-state index contributed by atoms with van der Waals surface area (Å²) in [6, 6.07) is 9.82. The van der Waals surface area contributed by atoms with Crippen LogP contribution in [0.5, 0.6) is 0 Å². The highest BCUT2D eigenvalue weighted by Crippen LogP contribution is 2.15. The first-order valence-electron chi connectivity index (χ1n) is 6.50. The van der Waals surface area contributed by atoms with Crippen LogP contribution in [0.25, 0.3) is 0 Å². The molecule has 2 aromatic rings. The number of aromatic nitrogens is 1. The molecule has 4 nitrogen and oxygen atoms in total. The predicted molar refractivity (Wildman–Crippen MR) is 80.4 cm³/mol. The van der Waals surface area contributed by atoms with Crippen LogP contribution in [0.15, 0.2) is 36.5 Å². The first-order chi connectivity index (χ1) is 9.47. The highest BCUT2D eigenvalue weighted by atomic mass is 16.2. The van der Waals surface area contributed by atoms with Gasteiger partial charge in [-0.05, 0) is 25.5 Å². The third kappa shape index (κ3) is 3.15. The Morgan fingerprint density at radius 3 is 2.70 bits per heavy atom. The van der Waals surface area contributed by atoms with Crippen LogP contribution >= 0.6 is 0 Å². The number of aryl methyl sites for hydroxylation is 2. The van der Waals surface area contributed by atoms with E-state index in [1.54, 1.807) is 24.2 Å². The maximum atomic E-state index is 12.4. The number of nitrogens with zero attached hydrogens (tertiary/aromatic N) is 2. The van der Waals surface area contributed by atoms with Crippen LogP contribution in [-0.4, -0.2) is 22.8 Å². The zero-order chi connectivity index (χ0) is 14.7. The maximum absolute atomic E-state index is 12.4. The van der Waals surface area contributed by atoms with Crippen LogP contribution in [0.1, 0.15) is 27.2 Å². The van der Waals surface area contributed by atoms with Crippen molar-refractivity contribution in [3.8, 4) is 0 Å². The molecule has 0 atom stereocenters. The van der Waals surface area contributed by atoms with Gasteiger partial charge in [0.15, 0.2) is 0 Å². The van der Waals surface area contributed by atoms with Crippen molar-refractivity contribution in [2.24, 2.45) is 0 Å². The molecular weight excluding hydrogens is 250 g/mol. The quantitative estimate of drug-likeness (QED) is 0.931. The average molecular weight is 269 g/mol. The van der Waals surface area contributed by atoms with Gasteiger partial charge in [0.25, 0.3) is 5.91 Å². The zero-order valence-corrected chi connectivity index (χ0v) is 12.1. The lowest BCUT2D eigenvalue weighted by Crippen LogP contribution is -2.27. The lowest BCUT2D eigenvalue weighted by molar-refractivity contribution is 0.0785. The summed E-state index contributed by atoms with van der Waals surface area (Å²) in [5.41, 5.74) is 9.89. The Kier molecular flexibility index (Phi) is 4.03. The molecule has 0 radical (unpaired) electrons. The molecule has 4 heteroatoms. The number of benzene rings is 1. The summed E-state index contributed by atoms with van der Waals surface area (Å²) < 4.78 is 0. The van der Waals surface area contributed by atoms with Crippen LogP contribution in [0.3, 0.4) is 0 Å². The molecule has 1 heterocycles. The second-order valence-corrected chi connectivity index (χ2v) is 5.06. The molecule has 0 bridgehead atoms. The van der Waals surface area contributed by atoms with Gasteiger partial charge in [0.05, 0.1) is 5.56 Å². The van der Waals surface area contributed by atoms with E-state index in [2.05, 4.69) is 11.1 Å². The normalized spacial score (nSPS) is 10.3. The van der Waals surface area contributed by atoms with Crippen molar-refractivity contribution in [3.63, 3.8) is 0 Å². The van der Waals surface area contributed by atoms with Crippen LogP contribution in [0, 0.1) is 13.8 Å². The Balaban J connectivity index is 2.16. The molecule has 0 spiro atoms. The minimum atomic E-state index is -0.114. The number of hydrogen-bond acceptors (Lipinski definition) is 3.